The van der Waals surface area contributed by atoms with E-state index < -0.39 is 7.25 Å². The monoisotopic (exact) mass is 204 g/mol. The molecule has 0 heterocycles. The van der Waals surface area contributed by atoms with Gasteiger partial charge in [0.05, 0.1) is 19.6 Å². The summed E-state index contributed by atoms with van der Waals surface area (Å²) in [4.78, 5) is 1.68. The fraction of sp³-hybridized carbons (Fsp3) is 0.857. The number of nitrogens with one attached hydrogen (secondary N) is 1. The maximum atomic E-state index is 9.75. The molecule has 0 unspecified atom stereocenters. The predicted molar refractivity (Wildman–Crippen MR) is 49.2 cm³/mol. The lowest BCUT2D eigenvalue weighted by atomic mass is 10.3. The second-order valence-electron chi connectivity index (χ2n) is 2.31. The van der Waals surface area contributed by atoms with Crippen molar-refractivity contribution in [3.63, 3.8) is 0 Å². The van der Waals surface area contributed by atoms with Gasteiger partial charge in [0.15, 0.2) is 0 Å². The molecule has 6 heteroatoms. The predicted octanol–water partition coefficient (Wildman–Crippen LogP) is 1.68. The molecule has 0 rings (SSSR count). The van der Waals surface area contributed by atoms with Gasteiger partial charge in [-0.25, -0.2) is 0 Å². The Balaban J connectivity index is -0.000000150. The van der Waals surface area contributed by atoms with Crippen molar-refractivity contribution in [3.8, 4) is 0 Å². The Hall–Kier alpha value is -0.255. The lowest BCUT2D eigenvalue weighted by molar-refractivity contribution is -0.894. The van der Waals surface area contributed by atoms with Crippen LogP contribution in [0.3, 0.4) is 0 Å². The molecule has 83 valence electrons. The van der Waals surface area contributed by atoms with Crippen LogP contribution in [0.15, 0.2) is 0 Å². The van der Waals surface area contributed by atoms with Gasteiger partial charge in [-0.05, 0) is 20.8 Å². The number of hydrogen-bond acceptors (Lipinski definition) is 0. The number of halogens is 4. The average Bonchev–Trinajstić information content (AvgIpc) is 1.88. The third kappa shape index (κ3) is 33.8. The van der Waals surface area contributed by atoms with Crippen LogP contribution in [0.5, 0.6) is 0 Å². The van der Waals surface area contributed by atoms with Gasteiger partial charge in [0.1, 0.15) is 0 Å². The van der Waals surface area contributed by atoms with Crippen molar-refractivity contribution in [2.75, 3.05) is 19.6 Å². The van der Waals surface area contributed by atoms with Gasteiger partial charge in [-0.2, -0.15) is 0 Å². The molecule has 1 N–H and O–H groups in total. The maximum absolute atomic E-state index is 9.75. The average molecular weight is 204 g/mol. The van der Waals surface area contributed by atoms with Crippen LogP contribution < -0.4 is 4.90 Å². The smallest absolute Gasteiger partial charge is 0.418 e. The highest BCUT2D eigenvalue weighted by Gasteiger charge is 2.20. The highest BCUT2D eigenvalue weighted by molar-refractivity contribution is 6.50. The molecule has 0 atom stereocenters. The summed E-state index contributed by atoms with van der Waals surface area (Å²) >= 11 is 0. The third-order valence-corrected chi connectivity index (χ3v) is 1.50. The van der Waals surface area contributed by atoms with Gasteiger partial charge in [-0.15, -0.1) is 0 Å². The van der Waals surface area contributed by atoms with E-state index in [9.17, 15) is 17.3 Å². The van der Waals surface area contributed by atoms with E-state index >= 15 is 0 Å². The highest BCUT2D eigenvalue weighted by atomic mass is 19.5. The minimum atomic E-state index is -6.00. The van der Waals surface area contributed by atoms with Crippen LogP contribution >= 0.6 is 0 Å². The molecule has 0 aliphatic rings. The molecule has 0 aliphatic heterocycles. The van der Waals surface area contributed by atoms with E-state index in [0.717, 1.165) is 0 Å². The van der Waals surface area contributed by atoms with Gasteiger partial charge in [0.2, 0.25) is 0 Å². The molecule has 0 fully saturated rings. The van der Waals surface area contributed by atoms with Gasteiger partial charge in [-0.3, -0.25) is 0 Å². The minimum Gasteiger partial charge on any atom is -0.418 e. The fourth-order valence-electron chi connectivity index (χ4n) is 0.750. The molecule has 13 heavy (non-hydrogen) atoms. The first-order valence-corrected chi connectivity index (χ1v) is 4.05. The first-order valence-electron chi connectivity index (χ1n) is 4.05. The molecule has 0 amide bonds. The van der Waals surface area contributed by atoms with E-state index in [-0.39, 0.29) is 7.43 Å². The van der Waals surface area contributed by atoms with Crippen LogP contribution in [0.25, 0.3) is 0 Å². The standard InChI is InChI=1S/C6H15N.CH3.BF4/c1-4-7(5-2)6-3;;2-1(3,4)5/h4-6H2,1-3H3;1H3;/q;;-1/p+1. The molecule has 1 radical (unpaired) electrons. The molecular formula is C7H19BF4N. The molecule has 0 aromatic rings. The molecule has 0 spiro atoms. The lowest BCUT2D eigenvalue weighted by Crippen LogP contribution is -3.11. The van der Waals surface area contributed by atoms with Gasteiger partial charge in [0, 0.05) is 0 Å². The van der Waals surface area contributed by atoms with E-state index in [1.54, 1.807) is 4.90 Å². The molecule has 0 saturated carbocycles. The van der Waals surface area contributed by atoms with Crippen LogP contribution in [0.1, 0.15) is 20.8 Å². The van der Waals surface area contributed by atoms with E-state index in [1.165, 1.54) is 19.6 Å². The first kappa shape index (κ1) is 18.5. The van der Waals surface area contributed by atoms with Gasteiger partial charge in [-0.1, -0.05) is 7.43 Å². The van der Waals surface area contributed by atoms with Crippen LogP contribution in [0.2, 0.25) is 0 Å². The summed E-state index contributed by atoms with van der Waals surface area (Å²) in [6.45, 7) is 10.5. The van der Waals surface area contributed by atoms with Crippen molar-refractivity contribution >= 4 is 7.25 Å². The van der Waals surface area contributed by atoms with Crippen LogP contribution in [-0.4, -0.2) is 26.9 Å². The van der Waals surface area contributed by atoms with Crippen molar-refractivity contribution in [2.45, 2.75) is 20.8 Å². The number of quaternary nitrogens is 1. The van der Waals surface area contributed by atoms with Crippen molar-refractivity contribution < 1.29 is 22.2 Å². The molecule has 0 bridgehead atoms. The van der Waals surface area contributed by atoms with Crippen molar-refractivity contribution in [2.24, 2.45) is 0 Å². The Morgan fingerprint density at radius 3 is 1.00 bits per heavy atom. The minimum absolute atomic E-state index is 0. The molecule has 0 aromatic carbocycles. The largest absolute Gasteiger partial charge is 0.673 e. The molecule has 0 saturated heterocycles. The Labute approximate surface area is 78.2 Å². The van der Waals surface area contributed by atoms with Crippen LogP contribution in [-0.2, 0) is 0 Å². The second kappa shape index (κ2) is 9.83. The Kier molecular flexibility index (Phi) is 14.0. The van der Waals surface area contributed by atoms with Gasteiger partial charge < -0.3 is 22.2 Å². The summed E-state index contributed by atoms with van der Waals surface area (Å²) in [5.41, 5.74) is 0. The summed E-state index contributed by atoms with van der Waals surface area (Å²) < 4.78 is 39.0. The first-order chi connectivity index (χ1) is 5.35. The Morgan fingerprint density at radius 2 is 1.00 bits per heavy atom. The summed E-state index contributed by atoms with van der Waals surface area (Å²) in [7, 11) is -6.00. The maximum Gasteiger partial charge on any atom is 0.673 e. The zero-order chi connectivity index (χ0) is 10.2. The Bertz CT molecular complexity index is 81.5. The van der Waals surface area contributed by atoms with Gasteiger partial charge >= 0.3 is 7.25 Å². The topological polar surface area (TPSA) is 4.44 Å². The second-order valence-corrected chi connectivity index (χ2v) is 2.31. The summed E-state index contributed by atoms with van der Waals surface area (Å²) in [5, 5.41) is 0. The highest BCUT2D eigenvalue weighted by Crippen LogP contribution is 2.06. The summed E-state index contributed by atoms with van der Waals surface area (Å²) in [6.07, 6.45) is 0. The fourth-order valence-corrected chi connectivity index (χ4v) is 0.750. The SMILES string of the molecule is CC[NH+](CC)CC.F[B-](F)(F)F.[CH3]. The van der Waals surface area contributed by atoms with E-state index in [2.05, 4.69) is 20.8 Å². The lowest BCUT2D eigenvalue weighted by Gasteiger charge is -2.10. The molecule has 0 aliphatic carbocycles. The van der Waals surface area contributed by atoms with Crippen molar-refractivity contribution in [1.29, 1.82) is 0 Å². The number of rotatable bonds is 3. The summed E-state index contributed by atoms with van der Waals surface area (Å²) in [5.74, 6) is 0. The normalized spacial score (nSPS) is 10.2. The van der Waals surface area contributed by atoms with Crippen molar-refractivity contribution in [3.05, 3.63) is 7.43 Å². The zero-order valence-electron chi connectivity index (χ0n) is 8.71. The van der Waals surface area contributed by atoms with E-state index in [0.29, 0.717) is 0 Å². The summed E-state index contributed by atoms with van der Waals surface area (Å²) in [6, 6.07) is 0. The zero-order valence-corrected chi connectivity index (χ0v) is 8.71. The molecule has 1 nitrogen and oxygen atoms in total. The third-order valence-electron chi connectivity index (χ3n) is 1.50. The van der Waals surface area contributed by atoms with E-state index in [1.807, 2.05) is 0 Å². The quantitative estimate of drug-likeness (QED) is 0.527. The Morgan fingerprint density at radius 1 is 0.846 bits per heavy atom. The van der Waals surface area contributed by atoms with E-state index in [4.69, 9.17) is 0 Å². The number of hydrogen-bond donors (Lipinski definition) is 1. The van der Waals surface area contributed by atoms with Crippen LogP contribution in [0.4, 0.5) is 17.3 Å². The van der Waals surface area contributed by atoms with Crippen molar-refractivity contribution in [1.82, 2.24) is 0 Å². The van der Waals surface area contributed by atoms with Crippen LogP contribution in [0, 0.1) is 7.43 Å². The molecular weight excluding hydrogens is 185 g/mol. The molecule has 0 aromatic heterocycles. The van der Waals surface area contributed by atoms with Gasteiger partial charge in [0.25, 0.3) is 0 Å².